The summed E-state index contributed by atoms with van der Waals surface area (Å²) in [7, 11) is 0. The Bertz CT molecular complexity index is 1030. The number of carbonyl (C=O) groups is 1. The molecule has 1 amide bonds. The van der Waals surface area contributed by atoms with Crippen molar-refractivity contribution in [3.05, 3.63) is 72.4 Å². The predicted octanol–water partition coefficient (Wildman–Crippen LogP) is 3.71. The first kappa shape index (κ1) is 16.9. The molecule has 3 aromatic carbocycles. The highest BCUT2D eigenvalue weighted by atomic mass is 16.3. The van der Waals surface area contributed by atoms with Crippen molar-refractivity contribution in [2.75, 3.05) is 10.6 Å². The maximum Gasteiger partial charge on any atom is 0.267 e. The summed E-state index contributed by atoms with van der Waals surface area (Å²) in [6.07, 6.45) is 1.30. The first-order valence-electron chi connectivity index (χ1n) is 7.76. The largest absolute Gasteiger partial charge is 0.508 e. The molecule has 0 bridgehead atoms. The lowest BCUT2D eigenvalue weighted by Gasteiger charge is -2.09. The summed E-state index contributed by atoms with van der Waals surface area (Å²) in [6.45, 7) is 0. The van der Waals surface area contributed by atoms with Gasteiger partial charge in [-0.2, -0.15) is 5.26 Å². The van der Waals surface area contributed by atoms with Crippen molar-refractivity contribution >= 4 is 28.1 Å². The smallest absolute Gasteiger partial charge is 0.267 e. The van der Waals surface area contributed by atoms with Crippen LogP contribution in [0.25, 0.3) is 10.8 Å². The summed E-state index contributed by atoms with van der Waals surface area (Å²) in [5.74, 6) is -0.338. The van der Waals surface area contributed by atoms with Crippen LogP contribution in [0.1, 0.15) is 0 Å². The van der Waals surface area contributed by atoms with Crippen molar-refractivity contribution in [3.8, 4) is 17.6 Å². The van der Waals surface area contributed by atoms with E-state index in [0.29, 0.717) is 22.1 Å². The summed E-state index contributed by atoms with van der Waals surface area (Å²) in [5.41, 5.74) is 1.00. The van der Waals surface area contributed by atoms with Crippen LogP contribution in [0.15, 0.2) is 72.4 Å². The van der Waals surface area contributed by atoms with E-state index in [2.05, 4.69) is 10.6 Å². The number of hydrogen-bond acceptors (Lipinski definition) is 5. The molecule has 0 spiro atoms. The minimum absolute atomic E-state index is 0.114. The number of carbonyl (C=O) groups excluding carboxylic acids is 1. The fraction of sp³-hybridized carbons (Fsp3) is 0. The quantitative estimate of drug-likeness (QED) is 0.328. The van der Waals surface area contributed by atoms with Gasteiger partial charge >= 0.3 is 0 Å². The van der Waals surface area contributed by atoms with E-state index < -0.39 is 5.91 Å². The summed E-state index contributed by atoms with van der Waals surface area (Å²) in [6, 6.07) is 18.2. The monoisotopic (exact) mass is 345 g/mol. The van der Waals surface area contributed by atoms with Gasteiger partial charge < -0.3 is 20.8 Å². The molecule has 0 atom stereocenters. The van der Waals surface area contributed by atoms with E-state index in [9.17, 15) is 20.3 Å². The molecule has 26 heavy (non-hydrogen) atoms. The van der Waals surface area contributed by atoms with Crippen molar-refractivity contribution in [1.82, 2.24) is 0 Å². The molecule has 6 heteroatoms. The minimum atomic E-state index is -0.574. The summed E-state index contributed by atoms with van der Waals surface area (Å²) in [4.78, 5) is 12.4. The van der Waals surface area contributed by atoms with Gasteiger partial charge in [-0.3, -0.25) is 4.79 Å². The number of nitriles is 1. The van der Waals surface area contributed by atoms with Crippen molar-refractivity contribution < 1.29 is 15.0 Å². The fourth-order valence-corrected chi connectivity index (χ4v) is 2.45. The molecule has 0 aliphatic rings. The van der Waals surface area contributed by atoms with Crippen LogP contribution in [0.3, 0.4) is 0 Å². The van der Waals surface area contributed by atoms with Gasteiger partial charge in [0, 0.05) is 28.3 Å². The second kappa shape index (κ2) is 7.28. The summed E-state index contributed by atoms with van der Waals surface area (Å²) >= 11 is 0. The average molecular weight is 345 g/mol. The number of anilines is 2. The number of rotatable bonds is 4. The van der Waals surface area contributed by atoms with Crippen molar-refractivity contribution in [2.24, 2.45) is 0 Å². The lowest BCUT2D eigenvalue weighted by Crippen LogP contribution is -2.14. The topological polar surface area (TPSA) is 105 Å². The molecule has 0 saturated carbocycles. The third kappa shape index (κ3) is 3.57. The number of benzene rings is 3. The standard InChI is InChI=1S/C20H15N3O3/c21-11-13(12-22-14-7-9-15(24)10-8-14)20(26)23-18-5-1-4-17-16(18)3-2-6-19(17)25/h1-10,12,22,24-25H,(H,23,26)/b13-12-. The Morgan fingerprint density at radius 3 is 2.38 bits per heavy atom. The highest BCUT2D eigenvalue weighted by Gasteiger charge is 2.12. The summed E-state index contributed by atoms with van der Waals surface area (Å²) < 4.78 is 0. The van der Waals surface area contributed by atoms with Gasteiger partial charge in [-0.1, -0.05) is 24.3 Å². The third-order valence-electron chi connectivity index (χ3n) is 3.76. The molecule has 6 nitrogen and oxygen atoms in total. The van der Waals surface area contributed by atoms with E-state index in [1.807, 2.05) is 6.07 Å². The molecule has 128 valence electrons. The number of amides is 1. The SMILES string of the molecule is N#C/C(=C/Nc1ccc(O)cc1)C(=O)Nc1cccc2c(O)cccc12. The van der Waals surface area contributed by atoms with E-state index in [4.69, 9.17) is 0 Å². The molecule has 0 aliphatic heterocycles. The van der Waals surface area contributed by atoms with Gasteiger partial charge in [0.25, 0.3) is 5.91 Å². The van der Waals surface area contributed by atoms with Crippen LogP contribution in [0.2, 0.25) is 0 Å². The second-order valence-electron chi connectivity index (χ2n) is 5.49. The molecule has 0 heterocycles. The van der Waals surface area contributed by atoms with Gasteiger partial charge in [0.1, 0.15) is 23.1 Å². The molecular weight excluding hydrogens is 330 g/mol. The number of aromatic hydroxyl groups is 2. The van der Waals surface area contributed by atoms with Crippen LogP contribution in [0, 0.1) is 11.3 Å². The fourth-order valence-electron chi connectivity index (χ4n) is 2.45. The Kier molecular flexibility index (Phi) is 4.72. The molecule has 0 fully saturated rings. The Balaban J connectivity index is 1.82. The lowest BCUT2D eigenvalue weighted by molar-refractivity contribution is -0.112. The molecule has 0 aromatic heterocycles. The van der Waals surface area contributed by atoms with Crippen molar-refractivity contribution in [2.45, 2.75) is 0 Å². The third-order valence-corrected chi connectivity index (χ3v) is 3.76. The molecular formula is C20H15N3O3. The first-order valence-corrected chi connectivity index (χ1v) is 7.76. The van der Waals surface area contributed by atoms with Crippen LogP contribution in [-0.4, -0.2) is 16.1 Å². The number of fused-ring (bicyclic) bond motifs is 1. The Morgan fingerprint density at radius 1 is 0.962 bits per heavy atom. The van der Waals surface area contributed by atoms with E-state index in [1.54, 1.807) is 48.5 Å². The normalized spacial score (nSPS) is 11.0. The zero-order chi connectivity index (χ0) is 18.5. The van der Waals surface area contributed by atoms with E-state index in [1.165, 1.54) is 18.3 Å². The highest BCUT2D eigenvalue weighted by molar-refractivity contribution is 6.11. The Labute approximate surface area is 149 Å². The van der Waals surface area contributed by atoms with Crippen molar-refractivity contribution in [3.63, 3.8) is 0 Å². The lowest BCUT2D eigenvalue weighted by atomic mass is 10.1. The van der Waals surface area contributed by atoms with Gasteiger partial charge in [0.2, 0.25) is 0 Å². The van der Waals surface area contributed by atoms with E-state index >= 15 is 0 Å². The average Bonchev–Trinajstić information content (AvgIpc) is 2.64. The van der Waals surface area contributed by atoms with Gasteiger partial charge in [-0.25, -0.2) is 0 Å². The number of phenolic OH excluding ortho intramolecular Hbond substituents is 2. The Morgan fingerprint density at radius 2 is 1.65 bits per heavy atom. The molecule has 0 radical (unpaired) electrons. The van der Waals surface area contributed by atoms with Crippen LogP contribution >= 0.6 is 0 Å². The zero-order valence-corrected chi connectivity index (χ0v) is 13.6. The number of hydrogen-bond donors (Lipinski definition) is 4. The molecule has 3 rings (SSSR count). The summed E-state index contributed by atoms with van der Waals surface area (Å²) in [5, 5.41) is 35.2. The molecule has 4 N–H and O–H groups in total. The van der Waals surface area contributed by atoms with Crippen LogP contribution in [-0.2, 0) is 4.79 Å². The first-order chi connectivity index (χ1) is 12.6. The van der Waals surface area contributed by atoms with Gasteiger partial charge in [0.15, 0.2) is 0 Å². The number of phenols is 2. The van der Waals surface area contributed by atoms with Gasteiger partial charge in [0.05, 0.1) is 0 Å². The highest BCUT2D eigenvalue weighted by Crippen LogP contribution is 2.30. The van der Waals surface area contributed by atoms with E-state index in [-0.39, 0.29) is 17.1 Å². The minimum Gasteiger partial charge on any atom is -0.508 e. The number of nitrogens with one attached hydrogen (secondary N) is 2. The number of nitrogens with zero attached hydrogens (tertiary/aromatic N) is 1. The maximum atomic E-state index is 12.4. The predicted molar refractivity (Wildman–Crippen MR) is 99.7 cm³/mol. The van der Waals surface area contributed by atoms with Crippen LogP contribution in [0.4, 0.5) is 11.4 Å². The van der Waals surface area contributed by atoms with Crippen LogP contribution in [0.5, 0.6) is 11.5 Å². The molecule has 0 unspecified atom stereocenters. The second-order valence-corrected chi connectivity index (χ2v) is 5.49. The zero-order valence-electron chi connectivity index (χ0n) is 13.6. The van der Waals surface area contributed by atoms with Crippen LogP contribution < -0.4 is 10.6 Å². The molecule has 0 saturated heterocycles. The van der Waals surface area contributed by atoms with E-state index in [0.717, 1.165) is 0 Å². The van der Waals surface area contributed by atoms with Gasteiger partial charge in [-0.15, -0.1) is 0 Å². The van der Waals surface area contributed by atoms with Crippen molar-refractivity contribution in [1.29, 1.82) is 5.26 Å². The molecule has 0 aliphatic carbocycles. The molecule has 3 aromatic rings. The Hall–Kier alpha value is -3.98. The van der Waals surface area contributed by atoms with Gasteiger partial charge in [-0.05, 0) is 36.4 Å². The maximum absolute atomic E-state index is 12.4.